The number of thiazole rings is 1. The van der Waals surface area contributed by atoms with Gasteiger partial charge in [0, 0.05) is 10.9 Å². The van der Waals surface area contributed by atoms with Gasteiger partial charge in [0.1, 0.15) is 5.75 Å². The molecule has 1 aromatic heterocycles. The van der Waals surface area contributed by atoms with E-state index in [-0.39, 0.29) is 5.91 Å². The molecule has 4 nitrogen and oxygen atoms in total. The number of nitrogens with zero attached hydrogens (tertiary/aromatic N) is 1. The zero-order valence-corrected chi connectivity index (χ0v) is 13.4. The topological polar surface area (TPSA) is 51.2 Å². The van der Waals surface area contributed by atoms with Crippen molar-refractivity contribution in [2.45, 2.75) is 27.2 Å². The van der Waals surface area contributed by atoms with Crippen molar-refractivity contribution in [2.24, 2.45) is 5.92 Å². The van der Waals surface area contributed by atoms with E-state index in [4.69, 9.17) is 4.74 Å². The van der Waals surface area contributed by atoms with Crippen molar-refractivity contribution in [1.29, 1.82) is 0 Å². The first-order valence-corrected chi connectivity index (χ1v) is 7.89. The third-order valence-corrected chi connectivity index (χ3v) is 3.80. The average molecular weight is 304 g/mol. The summed E-state index contributed by atoms with van der Waals surface area (Å²) in [4.78, 5) is 16.3. The Morgan fingerprint density at radius 3 is 2.62 bits per heavy atom. The molecule has 0 aliphatic heterocycles. The van der Waals surface area contributed by atoms with Crippen LogP contribution in [0.4, 0.5) is 5.13 Å². The van der Waals surface area contributed by atoms with Gasteiger partial charge < -0.3 is 4.74 Å². The molecule has 0 radical (unpaired) electrons. The van der Waals surface area contributed by atoms with E-state index in [2.05, 4.69) is 24.1 Å². The van der Waals surface area contributed by atoms with Crippen molar-refractivity contribution >= 4 is 22.4 Å². The number of nitrogens with one attached hydrogen (secondary N) is 1. The molecule has 0 saturated heterocycles. The summed E-state index contributed by atoms with van der Waals surface area (Å²) in [6.45, 7) is 6.92. The largest absolute Gasteiger partial charge is 0.494 e. The van der Waals surface area contributed by atoms with Crippen LogP contribution in [0.15, 0.2) is 29.6 Å². The van der Waals surface area contributed by atoms with E-state index in [9.17, 15) is 4.79 Å². The highest BCUT2D eigenvalue weighted by atomic mass is 32.1. The summed E-state index contributed by atoms with van der Waals surface area (Å²) in [5.41, 5.74) is 1.50. The van der Waals surface area contributed by atoms with Crippen molar-refractivity contribution in [1.82, 2.24) is 4.98 Å². The van der Waals surface area contributed by atoms with Gasteiger partial charge in [-0.3, -0.25) is 10.1 Å². The minimum absolute atomic E-state index is 0.155. The summed E-state index contributed by atoms with van der Waals surface area (Å²) in [7, 11) is 0. The lowest BCUT2D eigenvalue weighted by Gasteiger charge is -2.08. The quantitative estimate of drug-likeness (QED) is 0.873. The molecule has 2 rings (SSSR count). The van der Waals surface area contributed by atoms with Crippen LogP contribution >= 0.6 is 11.3 Å². The number of rotatable bonds is 6. The zero-order chi connectivity index (χ0) is 15.2. The fraction of sp³-hybridized carbons (Fsp3) is 0.375. The van der Waals surface area contributed by atoms with Gasteiger partial charge in [-0.25, -0.2) is 4.98 Å². The molecule has 5 heteroatoms. The Morgan fingerprint density at radius 1 is 1.33 bits per heavy atom. The van der Waals surface area contributed by atoms with Crippen LogP contribution in [0.1, 0.15) is 36.3 Å². The summed E-state index contributed by atoms with van der Waals surface area (Å²) >= 11 is 1.42. The first-order valence-electron chi connectivity index (χ1n) is 7.01. The Balaban J connectivity index is 1.90. The predicted molar refractivity (Wildman–Crippen MR) is 86.2 cm³/mol. The van der Waals surface area contributed by atoms with Crippen molar-refractivity contribution in [3.8, 4) is 5.75 Å². The molecule has 0 unspecified atom stereocenters. The van der Waals surface area contributed by atoms with Crippen LogP contribution in [0.5, 0.6) is 5.75 Å². The Bertz CT molecular complexity index is 591. The second-order valence-electron chi connectivity index (χ2n) is 5.30. The number of ether oxygens (including phenoxy) is 1. The summed E-state index contributed by atoms with van der Waals surface area (Å²) < 4.78 is 5.63. The maximum absolute atomic E-state index is 12.1. The molecule has 0 aliphatic carbocycles. The number of carbonyl (C=O) groups is 1. The fourth-order valence-corrected chi connectivity index (χ4v) is 2.38. The van der Waals surface area contributed by atoms with Gasteiger partial charge in [0.15, 0.2) is 5.13 Å². The standard InChI is InChI=1S/C16H20N2O2S/c1-11(2)8-9-20-14-6-4-13(5-7-14)15(19)18-16-17-12(3)10-21-16/h4-7,10-11H,8-9H2,1-3H3,(H,17,18,19). The van der Waals surface area contributed by atoms with E-state index in [0.29, 0.717) is 23.2 Å². The molecule has 0 saturated carbocycles. The molecule has 21 heavy (non-hydrogen) atoms. The molecule has 0 atom stereocenters. The number of benzene rings is 1. The highest BCUT2D eigenvalue weighted by Gasteiger charge is 2.08. The molecule has 0 spiro atoms. The lowest BCUT2D eigenvalue weighted by atomic mass is 10.1. The van der Waals surface area contributed by atoms with E-state index in [1.54, 1.807) is 12.1 Å². The molecule has 1 heterocycles. The average Bonchev–Trinajstić information content (AvgIpc) is 2.84. The number of aromatic nitrogens is 1. The van der Waals surface area contributed by atoms with E-state index in [1.165, 1.54) is 11.3 Å². The van der Waals surface area contributed by atoms with Gasteiger partial charge in [-0.1, -0.05) is 13.8 Å². The Labute approximate surface area is 129 Å². The van der Waals surface area contributed by atoms with E-state index >= 15 is 0 Å². The molecule has 0 bridgehead atoms. The highest BCUT2D eigenvalue weighted by Crippen LogP contribution is 2.17. The molecule has 1 N–H and O–H groups in total. The lowest BCUT2D eigenvalue weighted by Crippen LogP contribution is -2.11. The second-order valence-corrected chi connectivity index (χ2v) is 6.16. The van der Waals surface area contributed by atoms with Crippen molar-refractivity contribution in [3.05, 3.63) is 40.9 Å². The smallest absolute Gasteiger partial charge is 0.257 e. The fourth-order valence-electron chi connectivity index (χ4n) is 1.70. The van der Waals surface area contributed by atoms with E-state index < -0.39 is 0 Å². The van der Waals surface area contributed by atoms with Gasteiger partial charge in [0.2, 0.25) is 0 Å². The van der Waals surface area contributed by atoms with E-state index in [0.717, 1.165) is 17.9 Å². The minimum atomic E-state index is -0.155. The predicted octanol–water partition coefficient (Wildman–Crippen LogP) is 4.13. The van der Waals surface area contributed by atoms with Crippen LogP contribution in [0.3, 0.4) is 0 Å². The van der Waals surface area contributed by atoms with Crippen molar-refractivity contribution in [3.63, 3.8) is 0 Å². The summed E-state index contributed by atoms with van der Waals surface area (Å²) in [5.74, 6) is 1.26. The van der Waals surface area contributed by atoms with Gasteiger partial charge in [-0.2, -0.15) is 0 Å². The van der Waals surface area contributed by atoms with Gasteiger partial charge in [-0.05, 0) is 43.5 Å². The van der Waals surface area contributed by atoms with Crippen molar-refractivity contribution < 1.29 is 9.53 Å². The van der Waals surface area contributed by atoms with Crippen LogP contribution in [-0.2, 0) is 0 Å². The van der Waals surface area contributed by atoms with Gasteiger partial charge in [-0.15, -0.1) is 11.3 Å². The summed E-state index contributed by atoms with van der Waals surface area (Å²) in [6, 6.07) is 7.17. The van der Waals surface area contributed by atoms with Crippen LogP contribution in [0.2, 0.25) is 0 Å². The van der Waals surface area contributed by atoms with Gasteiger partial charge in [0.05, 0.1) is 12.3 Å². The normalized spacial score (nSPS) is 10.7. The van der Waals surface area contributed by atoms with Crippen LogP contribution < -0.4 is 10.1 Å². The summed E-state index contributed by atoms with van der Waals surface area (Å²) in [6.07, 6.45) is 1.02. The van der Waals surface area contributed by atoms with Gasteiger partial charge >= 0.3 is 0 Å². The van der Waals surface area contributed by atoms with Crippen LogP contribution in [0, 0.1) is 12.8 Å². The Morgan fingerprint density at radius 2 is 2.05 bits per heavy atom. The van der Waals surface area contributed by atoms with Gasteiger partial charge in [0.25, 0.3) is 5.91 Å². The maximum atomic E-state index is 12.1. The molecular weight excluding hydrogens is 284 g/mol. The molecule has 1 aromatic carbocycles. The van der Waals surface area contributed by atoms with Crippen LogP contribution in [0.25, 0.3) is 0 Å². The van der Waals surface area contributed by atoms with Crippen molar-refractivity contribution in [2.75, 3.05) is 11.9 Å². The Hall–Kier alpha value is -1.88. The van der Waals surface area contributed by atoms with Crippen LogP contribution in [-0.4, -0.2) is 17.5 Å². The number of amides is 1. The minimum Gasteiger partial charge on any atom is -0.494 e. The molecule has 0 aliphatic rings. The number of aryl methyl sites for hydroxylation is 1. The first kappa shape index (κ1) is 15.5. The molecule has 112 valence electrons. The number of carbonyl (C=O) groups excluding carboxylic acids is 1. The third kappa shape index (κ3) is 4.86. The highest BCUT2D eigenvalue weighted by molar-refractivity contribution is 7.13. The number of hydrogen-bond donors (Lipinski definition) is 1. The monoisotopic (exact) mass is 304 g/mol. The summed E-state index contributed by atoms with van der Waals surface area (Å²) in [5, 5.41) is 5.31. The molecule has 1 amide bonds. The number of anilines is 1. The SMILES string of the molecule is Cc1csc(NC(=O)c2ccc(OCCC(C)C)cc2)n1. The molecule has 0 fully saturated rings. The number of hydrogen-bond acceptors (Lipinski definition) is 4. The first-order chi connectivity index (χ1) is 10.0. The third-order valence-electron chi connectivity index (χ3n) is 2.92. The molecular formula is C16H20N2O2S. The Kier molecular flexibility index (Phi) is 5.33. The maximum Gasteiger partial charge on any atom is 0.257 e. The van der Waals surface area contributed by atoms with E-state index in [1.807, 2.05) is 24.4 Å². The molecule has 2 aromatic rings. The second kappa shape index (κ2) is 7.22. The lowest BCUT2D eigenvalue weighted by molar-refractivity contribution is 0.102. The zero-order valence-electron chi connectivity index (χ0n) is 12.6.